The summed E-state index contributed by atoms with van der Waals surface area (Å²) in [7, 11) is 0. The van der Waals surface area contributed by atoms with Gasteiger partial charge in [0, 0.05) is 12.2 Å². The molecule has 11 heteroatoms. The highest BCUT2D eigenvalue weighted by Crippen LogP contribution is 2.02. The van der Waals surface area contributed by atoms with Crippen molar-refractivity contribution in [3.8, 4) is 0 Å². The molecular formula is C13H24N4O5S2. The van der Waals surface area contributed by atoms with Gasteiger partial charge in [-0.3, -0.25) is 14.4 Å². The van der Waals surface area contributed by atoms with Gasteiger partial charge in [-0.15, -0.1) is 0 Å². The van der Waals surface area contributed by atoms with E-state index in [0.717, 1.165) is 0 Å². The molecule has 0 aromatic rings. The third-order valence-corrected chi connectivity index (χ3v) is 4.09. The molecule has 0 aliphatic heterocycles. The standard InChI is InChI=1S/C13H24N4O5S2/c1-24-5-4-8(13(21)22)16-12(20)9(6-23)17-11(19)7(14)2-3-10(15)18/h7-9,23H,2-6,14H2,1H3,(H2,15,18)(H,16,20)(H,17,19)(H,21,22). The number of nitrogens with two attached hydrogens (primary N) is 2. The molecule has 3 unspecified atom stereocenters. The lowest BCUT2D eigenvalue weighted by atomic mass is 10.1. The highest BCUT2D eigenvalue weighted by atomic mass is 32.2. The molecule has 0 bridgehead atoms. The summed E-state index contributed by atoms with van der Waals surface area (Å²) in [6.45, 7) is 0. The van der Waals surface area contributed by atoms with E-state index in [1.165, 1.54) is 11.8 Å². The van der Waals surface area contributed by atoms with E-state index in [9.17, 15) is 19.2 Å². The van der Waals surface area contributed by atoms with Crippen LogP contribution in [0.4, 0.5) is 0 Å². The fraction of sp³-hybridized carbons (Fsp3) is 0.692. The molecule has 0 aliphatic carbocycles. The van der Waals surface area contributed by atoms with E-state index in [0.29, 0.717) is 5.75 Å². The van der Waals surface area contributed by atoms with Crippen LogP contribution < -0.4 is 22.1 Å². The minimum absolute atomic E-state index is 0.0328. The van der Waals surface area contributed by atoms with Gasteiger partial charge in [-0.05, 0) is 24.9 Å². The zero-order valence-electron chi connectivity index (χ0n) is 13.4. The van der Waals surface area contributed by atoms with Gasteiger partial charge >= 0.3 is 5.97 Å². The summed E-state index contributed by atoms with van der Waals surface area (Å²) in [5.74, 6) is -2.50. The molecule has 0 spiro atoms. The van der Waals surface area contributed by atoms with Crippen molar-refractivity contribution in [3.05, 3.63) is 0 Å². The zero-order valence-corrected chi connectivity index (χ0v) is 15.1. The average molecular weight is 380 g/mol. The molecule has 0 saturated heterocycles. The van der Waals surface area contributed by atoms with Gasteiger partial charge in [-0.25, -0.2) is 4.79 Å². The first kappa shape index (κ1) is 22.5. The van der Waals surface area contributed by atoms with Gasteiger partial charge in [0.05, 0.1) is 6.04 Å². The maximum absolute atomic E-state index is 12.1. The Labute approximate surface area is 150 Å². The molecule has 3 amide bonds. The number of thioether (sulfide) groups is 1. The number of hydrogen-bond acceptors (Lipinski definition) is 7. The quantitative estimate of drug-likeness (QED) is 0.220. The number of rotatable bonds is 12. The Morgan fingerprint density at radius 2 is 1.71 bits per heavy atom. The van der Waals surface area contributed by atoms with Crippen LogP contribution in [-0.4, -0.2) is 64.7 Å². The highest BCUT2D eigenvalue weighted by Gasteiger charge is 2.26. The Hall–Kier alpha value is -1.46. The van der Waals surface area contributed by atoms with Gasteiger partial charge in [-0.2, -0.15) is 24.4 Å². The van der Waals surface area contributed by atoms with Crippen LogP contribution in [0.25, 0.3) is 0 Å². The minimum Gasteiger partial charge on any atom is -0.480 e. The van der Waals surface area contributed by atoms with Crippen LogP contribution in [0.2, 0.25) is 0 Å². The maximum Gasteiger partial charge on any atom is 0.326 e. The molecule has 0 rings (SSSR count). The van der Waals surface area contributed by atoms with Gasteiger partial charge in [-0.1, -0.05) is 0 Å². The van der Waals surface area contributed by atoms with Gasteiger partial charge in [0.25, 0.3) is 0 Å². The second-order valence-electron chi connectivity index (χ2n) is 5.04. The molecule has 0 aromatic carbocycles. The Balaban J connectivity index is 4.64. The molecule has 0 saturated carbocycles. The molecule has 0 aromatic heterocycles. The van der Waals surface area contributed by atoms with Crippen molar-refractivity contribution in [1.82, 2.24) is 10.6 Å². The normalized spacial score (nSPS) is 14.3. The van der Waals surface area contributed by atoms with Crippen LogP contribution in [0.15, 0.2) is 0 Å². The minimum atomic E-state index is -1.15. The molecule has 0 aliphatic rings. The van der Waals surface area contributed by atoms with Crippen molar-refractivity contribution >= 4 is 48.1 Å². The smallest absolute Gasteiger partial charge is 0.326 e. The van der Waals surface area contributed by atoms with Crippen LogP contribution >= 0.6 is 24.4 Å². The van der Waals surface area contributed by atoms with E-state index in [1.807, 2.05) is 6.26 Å². The van der Waals surface area contributed by atoms with Crippen LogP contribution in [0.1, 0.15) is 19.3 Å². The van der Waals surface area contributed by atoms with E-state index in [2.05, 4.69) is 23.3 Å². The summed E-state index contributed by atoms with van der Waals surface area (Å²) in [6.07, 6.45) is 2.08. The largest absolute Gasteiger partial charge is 0.480 e. The van der Waals surface area contributed by atoms with Crippen molar-refractivity contribution in [1.29, 1.82) is 0 Å². The predicted molar refractivity (Wildman–Crippen MR) is 94.8 cm³/mol. The number of amides is 3. The molecular weight excluding hydrogens is 356 g/mol. The molecule has 3 atom stereocenters. The lowest BCUT2D eigenvalue weighted by molar-refractivity contribution is -0.142. The molecule has 0 radical (unpaired) electrons. The third kappa shape index (κ3) is 8.99. The first-order valence-corrected chi connectivity index (χ1v) is 9.22. The van der Waals surface area contributed by atoms with Crippen LogP contribution in [-0.2, 0) is 19.2 Å². The van der Waals surface area contributed by atoms with Crippen molar-refractivity contribution < 1.29 is 24.3 Å². The number of thiol groups is 1. The van der Waals surface area contributed by atoms with Crippen LogP contribution in [0.3, 0.4) is 0 Å². The summed E-state index contributed by atoms with van der Waals surface area (Å²) in [5, 5.41) is 13.9. The molecule has 7 N–H and O–H groups in total. The number of carbonyl (C=O) groups excluding carboxylic acids is 3. The molecule has 138 valence electrons. The van der Waals surface area contributed by atoms with E-state index in [-0.39, 0.29) is 25.0 Å². The Kier molecular flexibility index (Phi) is 11.3. The van der Waals surface area contributed by atoms with Crippen molar-refractivity contribution in [3.63, 3.8) is 0 Å². The van der Waals surface area contributed by atoms with E-state index < -0.39 is 41.8 Å². The summed E-state index contributed by atoms with van der Waals surface area (Å²) >= 11 is 5.44. The Morgan fingerprint density at radius 1 is 1.12 bits per heavy atom. The first-order chi connectivity index (χ1) is 11.2. The van der Waals surface area contributed by atoms with Crippen molar-refractivity contribution in [2.45, 2.75) is 37.4 Å². The molecule has 9 nitrogen and oxygen atoms in total. The number of primary amides is 1. The summed E-state index contributed by atoms with van der Waals surface area (Å²) in [6, 6.07) is -3.08. The highest BCUT2D eigenvalue weighted by molar-refractivity contribution is 7.98. The van der Waals surface area contributed by atoms with Crippen LogP contribution in [0.5, 0.6) is 0 Å². The van der Waals surface area contributed by atoms with Crippen molar-refractivity contribution in [2.75, 3.05) is 17.8 Å². The van der Waals surface area contributed by atoms with Crippen molar-refractivity contribution in [2.24, 2.45) is 11.5 Å². The zero-order chi connectivity index (χ0) is 18.7. The molecule has 24 heavy (non-hydrogen) atoms. The second-order valence-corrected chi connectivity index (χ2v) is 6.39. The Bertz CT molecular complexity index is 464. The van der Waals surface area contributed by atoms with E-state index in [1.54, 1.807) is 0 Å². The summed E-state index contributed by atoms with van der Waals surface area (Å²) in [5.41, 5.74) is 10.6. The van der Waals surface area contributed by atoms with Crippen LogP contribution in [0, 0.1) is 0 Å². The third-order valence-electron chi connectivity index (χ3n) is 3.08. The number of nitrogens with one attached hydrogen (secondary N) is 2. The van der Waals surface area contributed by atoms with Gasteiger partial charge in [0.1, 0.15) is 12.1 Å². The summed E-state index contributed by atoms with van der Waals surface area (Å²) in [4.78, 5) is 45.8. The number of carbonyl (C=O) groups is 4. The lowest BCUT2D eigenvalue weighted by Crippen LogP contribution is -2.55. The second kappa shape index (κ2) is 12.0. The molecule has 0 fully saturated rings. The monoisotopic (exact) mass is 380 g/mol. The van der Waals surface area contributed by atoms with E-state index >= 15 is 0 Å². The fourth-order valence-corrected chi connectivity index (χ4v) is 2.40. The SMILES string of the molecule is CSCCC(NC(=O)C(CS)NC(=O)C(N)CCC(N)=O)C(=O)O. The lowest BCUT2D eigenvalue weighted by Gasteiger charge is -2.21. The predicted octanol–water partition coefficient (Wildman–Crippen LogP) is -1.68. The Morgan fingerprint density at radius 3 is 2.17 bits per heavy atom. The topological polar surface area (TPSA) is 165 Å². The fourth-order valence-electron chi connectivity index (χ4n) is 1.67. The summed E-state index contributed by atoms with van der Waals surface area (Å²) < 4.78 is 0. The number of aliphatic carboxylic acids is 1. The number of carboxylic acids is 1. The number of hydrogen-bond donors (Lipinski definition) is 6. The number of carboxylic acid groups (broad SMARTS) is 1. The van der Waals surface area contributed by atoms with E-state index in [4.69, 9.17) is 16.6 Å². The van der Waals surface area contributed by atoms with Gasteiger partial charge in [0.15, 0.2) is 0 Å². The molecule has 0 heterocycles. The van der Waals surface area contributed by atoms with Gasteiger partial charge < -0.3 is 27.2 Å². The average Bonchev–Trinajstić information content (AvgIpc) is 2.53. The van der Waals surface area contributed by atoms with Gasteiger partial charge in [0.2, 0.25) is 17.7 Å². The maximum atomic E-state index is 12.1. The first-order valence-electron chi connectivity index (χ1n) is 7.20.